The van der Waals surface area contributed by atoms with Crippen molar-refractivity contribution in [1.29, 1.82) is 0 Å². The van der Waals surface area contributed by atoms with Gasteiger partial charge in [-0.25, -0.2) is 9.97 Å². The lowest BCUT2D eigenvalue weighted by molar-refractivity contribution is 0.297. The average molecular weight is 372 g/mol. The van der Waals surface area contributed by atoms with E-state index in [0.717, 1.165) is 30.2 Å². The summed E-state index contributed by atoms with van der Waals surface area (Å²) in [6.45, 7) is 3.33. The number of hydrogen-bond donors (Lipinski definition) is 1. The molecule has 24 heavy (non-hydrogen) atoms. The van der Waals surface area contributed by atoms with Gasteiger partial charge in [0.2, 0.25) is 0 Å². The third-order valence-electron chi connectivity index (χ3n) is 4.49. The molecule has 7 heteroatoms. The molecule has 1 aliphatic rings. The summed E-state index contributed by atoms with van der Waals surface area (Å²) in [4.78, 5) is 11.1. The van der Waals surface area contributed by atoms with Crippen molar-refractivity contribution in [2.24, 2.45) is 0 Å². The summed E-state index contributed by atoms with van der Waals surface area (Å²) in [6, 6.07) is 5.30. The Morgan fingerprint density at radius 2 is 2.04 bits per heavy atom. The van der Waals surface area contributed by atoms with Gasteiger partial charge in [-0.1, -0.05) is 6.92 Å². The van der Waals surface area contributed by atoms with Gasteiger partial charge < -0.3 is 14.8 Å². The second-order valence-corrected chi connectivity index (χ2v) is 6.20. The molecule has 1 saturated heterocycles. The number of nitrogens with one attached hydrogen (secondary N) is 1. The van der Waals surface area contributed by atoms with Crippen molar-refractivity contribution in [3.63, 3.8) is 0 Å². The van der Waals surface area contributed by atoms with Crippen LogP contribution in [0.15, 0.2) is 30.7 Å². The highest BCUT2D eigenvalue weighted by Gasteiger charge is 2.23. The molecule has 1 fully saturated rings. The van der Waals surface area contributed by atoms with E-state index in [1.165, 1.54) is 12.8 Å². The molecule has 1 aliphatic heterocycles. The molecule has 3 rings (SSSR count). The van der Waals surface area contributed by atoms with Crippen molar-refractivity contribution in [3.8, 4) is 11.4 Å². The predicted molar refractivity (Wildman–Crippen MR) is 105 cm³/mol. The van der Waals surface area contributed by atoms with E-state index in [4.69, 9.17) is 0 Å². The molecule has 0 saturated carbocycles. The lowest BCUT2D eigenvalue weighted by atomic mass is 9.97. The zero-order valence-electron chi connectivity index (χ0n) is 14.5. The summed E-state index contributed by atoms with van der Waals surface area (Å²) in [5, 5.41) is 3.59. The number of halogens is 2. The number of imidazole rings is 1. The number of pyridine rings is 1. The molecule has 0 aliphatic carbocycles. The van der Waals surface area contributed by atoms with E-state index in [0.29, 0.717) is 12.1 Å². The summed E-state index contributed by atoms with van der Waals surface area (Å²) in [7, 11) is 4.01. The topological polar surface area (TPSA) is 46.0 Å². The van der Waals surface area contributed by atoms with Crippen LogP contribution in [0.4, 0.5) is 5.82 Å². The van der Waals surface area contributed by atoms with Gasteiger partial charge in [-0.2, -0.15) is 0 Å². The third-order valence-corrected chi connectivity index (χ3v) is 4.49. The number of piperidine rings is 1. The number of nitrogens with zero attached hydrogens (tertiary/aromatic N) is 4. The van der Waals surface area contributed by atoms with Crippen molar-refractivity contribution in [1.82, 2.24) is 19.9 Å². The molecule has 1 N–H and O–H groups in total. The van der Waals surface area contributed by atoms with E-state index < -0.39 is 0 Å². The smallest absolute Gasteiger partial charge is 0.141 e. The predicted octanol–water partition coefficient (Wildman–Crippen LogP) is 3.56. The van der Waals surface area contributed by atoms with E-state index in [9.17, 15) is 0 Å². The Balaban J connectivity index is 0.00000144. The Morgan fingerprint density at radius 1 is 1.25 bits per heavy atom. The van der Waals surface area contributed by atoms with E-state index >= 15 is 0 Å². The molecule has 3 heterocycles. The Hall–Kier alpha value is -1.30. The molecule has 0 radical (unpaired) electrons. The molecule has 2 atom stereocenters. The lowest BCUT2D eigenvalue weighted by Crippen LogP contribution is -2.38. The van der Waals surface area contributed by atoms with Crippen LogP contribution in [-0.2, 0) is 0 Å². The minimum atomic E-state index is 0. The van der Waals surface area contributed by atoms with Crippen LogP contribution >= 0.6 is 24.8 Å². The number of hydrogen-bond acceptors (Lipinski definition) is 4. The lowest BCUT2D eigenvalue weighted by Gasteiger charge is -2.31. The molecule has 0 unspecified atom stereocenters. The van der Waals surface area contributed by atoms with Gasteiger partial charge in [-0.15, -0.1) is 24.8 Å². The zero-order chi connectivity index (χ0) is 15.5. The highest BCUT2D eigenvalue weighted by Crippen LogP contribution is 2.28. The van der Waals surface area contributed by atoms with Gasteiger partial charge in [0.25, 0.3) is 0 Å². The molecule has 2 aromatic rings. The van der Waals surface area contributed by atoms with Gasteiger partial charge in [-0.3, -0.25) is 0 Å². The first-order valence-electron chi connectivity index (χ1n) is 8.09. The Kier molecular flexibility index (Phi) is 8.00. The van der Waals surface area contributed by atoms with Crippen LogP contribution in [0.1, 0.15) is 32.2 Å². The molecular weight excluding hydrogens is 345 g/mol. The summed E-state index contributed by atoms with van der Waals surface area (Å²) < 4.78 is 2.33. The monoisotopic (exact) mass is 371 g/mol. The fourth-order valence-electron chi connectivity index (χ4n) is 3.16. The molecule has 0 amide bonds. The van der Waals surface area contributed by atoms with Crippen molar-refractivity contribution in [3.05, 3.63) is 30.7 Å². The standard InChI is InChI=1S/C17H25N5.2ClH/c1-4-14-11-15(7-8-18-14)22-10-9-19-17(22)13-5-6-16(20-12-13)21(2)3;;/h5-6,9-10,12,14-15,18H,4,7-8,11H2,1-3H3;2*1H/t14-,15-;;/m1../s1. The van der Waals surface area contributed by atoms with Crippen molar-refractivity contribution in [2.75, 3.05) is 25.5 Å². The van der Waals surface area contributed by atoms with Crippen molar-refractivity contribution in [2.45, 2.75) is 38.3 Å². The molecule has 0 spiro atoms. The molecule has 0 aromatic carbocycles. The van der Waals surface area contributed by atoms with Gasteiger partial charge in [-0.05, 0) is 37.9 Å². The molecule has 5 nitrogen and oxygen atoms in total. The van der Waals surface area contributed by atoms with Gasteiger partial charge in [0, 0.05) is 50.3 Å². The second kappa shape index (κ2) is 9.25. The highest BCUT2D eigenvalue weighted by molar-refractivity contribution is 5.85. The van der Waals surface area contributed by atoms with E-state index in [1.54, 1.807) is 0 Å². The largest absolute Gasteiger partial charge is 0.363 e. The minimum absolute atomic E-state index is 0. The van der Waals surface area contributed by atoms with E-state index in [-0.39, 0.29) is 24.8 Å². The highest BCUT2D eigenvalue weighted by atomic mass is 35.5. The Bertz CT molecular complexity index is 612. The van der Waals surface area contributed by atoms with Gasteiger partial charge >= 0.3 is 0 Å². The number of anilines is 1. The van der Waals surface area contributed by atoms with Gasteiger partial charge in [0.1, 0.15) is 11.6 Å². The van der Waals surface area contributed by atoms with Crippen LogP contribution < -0.4 is 10.2 Å². The van der Waals surface area contributed by atoms with E-state index in [1.807, 2.05) is 37.5 Å². The fraction of sp³-hybridized carbons (Fsp3) is 0.529. The maximum atomic E-state index is 4.58. The minimum Gasteiger partial charge on any atom is -0.363 e. The van der Waals surface area contributed by atoms with E-state index in [2.05, 4.69) is 39.0 Å². The van der Waals surface area contributed by atoms with Crippen LogP contribution in [0.25, 0.3) is 11.4 Å². The number of aromatic nitrogens is 3. The van der Waals surface area contributed by atoms with Crippen molar-refractivity contribution >= 4 is 30.6 Å². The maximum Gasteiger partial charge on any atom is 0.141 e. The van der Waals surface area contributed by atoms with Gasteiger partial charge in [0.05, 0.1) is 0 Å². The fourth-order valence-corrected chi connectivity index (χ4v) is 3.16. The summed E-state index contributed by atoms with van der Waals surface area (Å²) in [6.07, 6.45) is 9.44. The first-order chi connectivity index (χ1) is 10.7. The summed E-state index contributed by atoms with van der Waals surface area (Å²) in [5.41, 5.74) is 1.09. The van der Waals surface area contributed by atoms with Crippen LogP contribution in [0.3, 0.4) is 0 Å². The summed E-state index contributed by atoms with van der Waals surface area (Å²) in [5.74, 6) is 1.99. The zero-order valence-corrected chi connectivity index (χ0v) is 16.1. The van der Waals surface area contributed by atoms with Crippen LogP contribution in [0, 0.1) is 0 Å². The quantitative estimate of drug-likeness (QED) is 0.892. The van der Waals surface area contributed by atoms with Gasteiger partial charge in [0.15, 0.2) is 0 Å². The maximum absolute atomic E-state index is 4.58. The number of rotatable bonds is 4. The molecule has 2 aromatic heterocycles. The first-order valence-corrected chi connectivity index (χ1v) is 8.09. The Labute approximate surface area is 156 Å². The summed E-state index contributed by atoms with van der Waals surface area (Å²) >= 11 is 0. The van der Waals surface area contributed by atoms with Crippen LogP contribution in [0.2, 0.25) is 0 Å². The molecular formula is C17H27Cl2N5. The second-order valence-electron chi connectivity index (χ2n) is 6.20. The molecule has 0 bridgehead atoms. The van der Waals surface area contributed by atoms with Crippen molar-refractivity contribution < 1.29 is 0 Å². The average Bonchev–Trinajstić information content (AvgIpc) is 3.04. The molecule has 134 valence electrons. The third kappa shape index (κ3) is 4.41. The Morgan fingerprint density at radius 3 is 2.67 bits per heavy atom. The SMILES string of the molecule is CC[C@@H]1C[C@H](n2ccnc2-c2ccc(N(C)C)nc2)CCN1.Cl.Cl. The van der Waals surface area contributed by atoms with Crippen LogP contribution in [-0.4, -0.2) is 41.2 Å². The van der Waals surface area contributed by atoms with Crippen LogP contribution in [0.5, 0.6) is 0 Å². The first kappa shape index (κ1) is 20.7. The normalized spacial score (nSPS) is 20.0.